The lowest BCUT2D eigenvalue weighted by atomic mass is 10.1. The first-order chi connectivity index (χ1) is 21.7. The summed E-state index contributed by atoms with van der Waals surface area (Å²) in [5.41, 5.74) is 13.2. The van der Waals surface area contributed by atoms with E-state index in [0.717, 1.165) is 6.42 Å². The number of aliphatic hydroxyl groups excluding tert-OH is 6. The first-order valence-electron chi connectivity index (χ1n) is 14.4. The number of nitrogens with zero attached hydrogens (tertiary/aromatic N) is 8. The van der Waals surface area contributed by atoms with Crippen LogP contribution in [0.5, 0.6) is 0 Å². The summed E-state index contributed by atoms with van der Waals surface area (Å²) in [5, 5.41) is 67.4. The molecule has 0 aromatic carbocycles. The molecular weight excluding hydrogens is 596 g/mol. The fourth-order valence-corrected chi connectivity index (χ4v) is 5.60. The van der Waals surface area contributed by atoms with Crippen molar-refractivity contribution in [2.24, 2.45) is 0 Å². The number of nitrogen functional groups attached to an aromatic ring is 2. The average molecular weight is 633 g/mol. The topological polar surface area (TPSA) is 303 Å². The number of hydrogen-bond donors (Lipinski definition) is 10. The molecule has 0 amide bonds. The van der Waals surface area contributed by atoms with Crippen LogP contribution in [0.4, 0.5) is 23.5 Å². The van der Waals surface area contributed by atoms with Gasteiger partial charge in [0.25, 0.3) is 0 Å². The molecule has 0 unspecified atom stereocenters. The zero-order valence-corrected chi connectivity index (χ0v) is 24.0. The predicted molar refractivity (Wildman–Crippen MR) is 156 cm³/mol. The second-order valence-electron chi connectivity index (χ2n) is 10.8. The molecule has 6 rings (SSSR count). The van der Waals surface area contributed by atoms with Crippen molar-refractivity contribution in [2.45, 2.75) is 68.3 Å². The molecule has 4 aromatic rings. The van der Waals surface area contributed by atoms with Crippen LogP contribution in [0, 0.1) is 0 Å². The van der Waals surface area contributed by atoms with Crippen LogP contribution >= 0.6 is 0 Å². The molecule has 2 saturated heterocycles. The van der Waals surface area contributed by atoms with Crippen molar-refractivity contribution in [2.75, 3.05) is 48.4 Å². The Morgan fingerprint density at radius 1 is 0.644 bits per heavy atom. The van der Waals surface area contributed by atoms with Gasteiger partial charge in [0.1, 0.15) is 49.3 Å². The van der Waals surface area contributed by atoms with Gasteiger partial charge >= 0.3 is 0 Å². The minimum absolute atomic E-state index is 0.135. The Hall–Kier alpha value is -4.02. The predicted octanol–water partition coefficient (Wildman–Crippen LogP) is -2.95. The molecule has 0 spiro atoms. The monoisotopic (exact) mass is 632 g/mol. The smallest absolute Gasteiger partial charge is 0.207 e. The van der Waals surface area contributed by atoms with Crippen LogP contribution in [0.1, 0.15) is 31.7 Å². The van der Waals surface area contributed by atoms with Crippen LogP contribution in [0.25, 0.3) is 22.3 Å². The highest BCUT2D eigenvalue weighted by molar-refractivity contribution is 5.84. The molecule has 0 radical (unpaired) electrons. The second-order valence-corrected chi connectivity index (χ2v) is 10.8. The lowest BCUT2D eigenvalue weighted by Crippen LogP contribution is -2.33. The van der Waals surface area contributed by atoms with Gasteiger partial charge in [0.2, 0.25) is 11.9 Å². The van der Waals surface area contributed by atoms with E-state index in [1.807, 2.05) is 0 Å². The molecule has 0 aliphatic carbocycles. The molecule has 0 saturated carbocycles. The van der Waals surface area contributed by atoms with Crippen LogP contribution in [-0.2, 0) is 9.47 Å². The van der Waals surface area contributed by atoms with Gasteiger partial charge < -0.3 is 62.2 Å². The van der Waals surface area contributed by atoms with Gasteiger partial charge in [0.05, 0.1) is 13.2 Å². The number of aliphatic hydroxyl groups is 6. The zero-order chi connectivity index (χ0) is 31.8. The van der Waals surface area contributed by atoms with Gasteiger partial charge in [-0.25, -0.2) is 29.9 Å². The maximum absolute atomic E-state index is 10.6. The maximum Gasteiger partial charge on any atom is 0.207 e. The lowest BCUT2D eigenvalue weighted by molar-refractivity contribution is -0.0501. The van der Waals surface area contributed by atoms with E-state index in [4.69, 9.17) is 20.9 Å². The van der Waals surface area contributed by atoms with Crippen LogP contribution in [0.3, 0.4) is 0 Å². The van der Waals surface area contributed by atoms with E-state index in [0.29, 0.717) is 60.2 Å². The number of hydrogen-bond acceptors (Lipinski definition) is 18. The third kappa shape index (κ3) is 5.55. The number of unbranched alkanes of at least 4 members (excludes halogenated alkanes) is 2. The molecule has 2 aliphatic heterocycles. The molecule has 45 heavy (non-hydrogen) atoms. The fraction of sp³-hybridized carbons (Fsp3) is 0.600. The molecule has 20 nitrogen and oxygen atoms in total. The molecule has 0 bridgehead atoms. The molecule has 20 heteroatoms. The van der Waals surface area contributed by atoms with Gasteiger partial charge in [-0.2, -0.15) is 0 Å². The minimum Gasteiger partial charge on any atom is -0.394 e. The van der Waals surface area contributed by atoms with Crippen molar-refractivity contribution in [3.63, 3.8) is 0 Å². The van der Waals surface area contributed by atoms with Gasteiger partial charge in [-0.3, -0.25) is 9.13 Å². The first-order valence-corrected chi connectivity index (χ1v) is 14.4. The van der Waals surface area contributed by atoms with Crippen LogP contribution in [-0.4, -0.2) is 133 Å². The average Bonchev–Trinajstić information content (AvgIpc) is 3.75. The third-order valence-electron chi connectivity index (χ3n) is 7.97. The summed E-state index contributed by atoms with van der Waals surface area (Å²) in [4.78, 5) is 25.4. The van der Waals surface area contributed by atoms with Crippen molar-refractivity contribution < 1.29 is 40.1 Å². The molecule has 4 aromatic heterocycles. The van der Waals surface area contributed by atoms with Gasteiger partial charge in [0.15, 0.2) is 46.4 Å². The molecule has 12 N–H and O–H groups in total. The molecule has 8 atom stereocenters. The Balaban J connectivity index is 1.09. The van der Waals surface area contributed by atoms with Crippen molar-refractivity contribution >= 4 is 45.9 Å². The van der Waals surface area contributed by atoms with Gasteiger partial charge in [0, 0.05) is 13.1 Å². The fourth-order valence-electron chi connectivity index (χ4n) is 5.60. The summed E-state index contributed by atoms with van der Waals surface area (Å²) in [6, 6.07) is 0. The summed E-state index contributed by atoms with van der Waals surface area (Å²) < 4.78 is 14.4. The molecular formula is C25H36N12O8. The van der Waals surface area contributed by atoms with Crippen molar-refractivity contribution in [1.29, 1.82) is 0 Å². The number of nitrogens with one attached hydrogen (secondary N) is 2. The lowest BCUT2D eigenvalue weighted by Gasteiger charge is -2.20. The third-order valence-corrected chi connectivity index (χ3v) is 7.97. The van der Waals surface area contributed by atoms with Crippen molar-refractivity contribution in [3.05, 3.63) is 12.7 Å². The standard InChI is InChI=1S/C25H36N12O8/c26-18-12-20(32-8-30-18)36(22-16(42)14(40)10(6-38)44-22)24(34-12)28-4-2-1-3-5-29-25-35-13-19(27)31-9-33-21(13)37(25)23-17(43)15(41)11(7-39)45-23/h8-11,14-17,22-23,38-43H,1-7H2,(H,28,34)(H,29,35)(H2,26,30,32)(H2,27,31,33)/t10-,11-,14+,15+,16+,17+,22-,23-/m1/s1. The molecule has 2 fully saturated rings. The number of rotatable bonds is 12. The Morgan fingerprint density at radius 3 is 1.44 bits per heavy atom. The Morgan fingerprint density at radius 2 is 1.07 bits per heavy atom. The minimum atomic E-state index is -1.35. The van der Waals surface area contributed by atoms with Crippen molar-refractivity contribution in [3.8, 4) is 0 Å². The highest BCUT2D eigenvalue weighted by atomic mass is 16.6. The Bertz CT molecular complexity index is 1520. The van der Waals surface area contributed by atoms with E-state index >= 15 is 0 Å². The summed E-state index contributed by atoms with van der Waals surface area (Å²) in [6.07, 6.45) is -4.74. The van der Waals surface area contributed by atoms with Gasteiger partial charge in [-0.05, 0) is 19.3 Å². The summed E-state index contributed by atoms with van der Waals surface area (Å²) in [5.74, 6) is 0.873. The highest BCUT2D eigenvalue weighted by Gasteiger charge is 2.46. The van der Waals surface area contributed by atoms with Gasteiger partial charge in [-0.15, -0.1) is 0 Å². The normalized spacial score (nSPS) is 28.4. The molecule has 6 heterocycles. The van der Waals surface area contributed by atoms with E-state index in [1.54, 1.807) is 0 Å². The van der Waals surface area contributed by atoms with Crippen LogP contribution in [0.2, 0.25) is 0 Å². The quantitative estimate of drug-likeness (QED) is 0.0698. The van der Waals surface area contributed by atoms with Crippen LogP contribution in [0.15, 0.2) is 12.7 Å². The summed E-state index contributed by atoms with van der Waals surface area (Å²) >= 11 is 0. The Labute approximate surface area is 254 Å². The first kappa shape index (κ1) is 31.0. The van der Waals surface area contributed by atoms with E-state index in [9.17, 15) is 30.6 Å². The van der Waals surface area contributed by atoms with E-state index in [-0.39, 0.29) is 11.6 Å². The van der Waals surface area contributed by atoms with E-state index in [1.165, 1.54) is 21.8 Å². The molecule has 2 aliphatic rings. The van der Waals surface area contributed by atoms with E-state index < -0.39 is 62.3 Å². The molecule has 244 valence electrons. The Kier molecular flexibility index (Phi) is 8.79. The van der Waals surface area contributed by atoms with Crippen molar-refractivity contribution in [1.82, 2.24) is 39.0 Å². The second kappa shape index (κ2) is 12.8. The summed E-state index contributed by atoms with van der Waals surface area (Å²) in [7, 11) is 0. The highest BCUT2D eigenvalue weighted by Crippen LogP contribution is 2.36. The maximum atomic E-state index is 10.6. The largest absolute Gasteiger partial charge is 0.394 e. The SMILES string of the molecule is Nc1ncnc2c1nc(NCCCCCNc1nc3c(N)ncnc3n1[C@@H]1O[C@H](CO)[C@H](O)[C@@H]1O)n2[C@@H]1O[C@H](CO)[C@H](O)[C@@H]1O. The number of fused-ring (bicyclic) bond motifs is 2. The number of nitrogens with two attached hydrogens (primary N) is 2. The zero-order valence-electron chi connectivity index (χ0n) is 24.0. The number of ether oxygens (including phenoxy) is 2. The van der Waals surface area contributed by atoms with Gasteiger partial charge in [-0.1, -0.05) is 0 Å². The number of anilines is 4. The van der Waals surface area contributed by atoms with E-state index in [2.05, 4.69) is 40.5 Å². The van der Waals surface area contributed by atoms with Crippen LogP contribution < -0.4 is 22.1 Å². The number of aromatic nitrogens is 8. The summed E-state index contributed by atoms with van der Waals surface area (Å²) in [6.45, 7) is -0.0191. The number of imidazole rings is 2.